The number of carbonyl (C=O) groups excluding carboxylic acids is 1. The molecule has 0 spiro atoms. The number of hydrogen-bond acceptors (Lipinski definition) is 6. The van der Waals surface area contributed by atoms with Crippen molar-refractivity contribution in [3.8, 4) is 0 Å². The van der Waals surface area contributed by atoms with Gasteiger partial charge in [0, 0.05) is 38.2 Å². The molecule has 0 aliphatic carbocycles. The first-order chi connectivity index (χ1) is 12.0. The topological polar surface area (TPSA) is 84.9 Å². The third-order valence-electron chi connectivity index (χ3n) is 3.83. The Morgan fingerprint density at radius 2 is 2.08 bits per heavy atom. The lowest BCUT2D eigenvalue weighted by Gasteiger charge is -2.27. The summed E-state index contributed by atoms with van der Waals surface area (Å²) in [7, 11) is -2.09. The lowest BCUT2D eigenvalue weighted by atomic mass is 10.2. The molecular formula is C16H24N2O5S2. The van der Waals surface area contributed by atoms with Crippen LogP contribution in [-0.2, 0) is 19.5 Å². The second kappa shape index (κ2) is 9.54. The minimum Gasteiger partial charge on any atom is -0.385 e. The van der Waals surface area contributed by atoms with E-state index in [0.29, 0.717) is 44.9 Å². The molecule has 1 aliphatic rings. The van der Waals surface area contributed by atoms with E-state index in [1.807, 2.05) is 6.26 Å². The van der Waals surface area contributed by atoms with Crippen molar-refractivity contribution in [2.24, 2.45) is 0 Å². The van der Waals surface area contributed by atoms with Crippen LogP contribution in [0.15, 0.2) is 28.0 Å². The Morgan fingerprint density at radius 3 is 2.72 bits per heavy atom. The second-order valence-corrected chi connectivity index (χ2v) is 8.13. The Kier molecular flexibility index (Phi) is 7.70. The Morgan fingerprint density at radius 1 is 1.36 bits per heavy atom. The Bertz CT molecular complexity index is 688. The van der Waals surface area contributed by atoms with E-state index in [9.17, 15) is 13.2 Å². The third-order valence-corrected chi connectivity index (χ3v) is 6.08. The number of hydrogen-bond donors (Lipinski definition) is 1. The van der Waals surface area contributed by atoms with E-state index in [0.717, 1.165) is 4.90 Å². The molecule has 1 amide bonds. The van der Waals surface area contributed by atoms with Crippen molar-refractivity contribution in [1.29, 1.82) is 0 Å². The SMILES string of the molecule is COCCCNS(=O)(=O)c1ccc(SC)c(C(=O)N2CCOCC2)c1. The Balaban J connectivity index is 2.22. The van der Waals surface area contributed by atoms with Crippen LogP contribution in [0, 0.1) is 0 Å². The monoisotopic (exact) mass is 388 g/mol. The standard InChI is InChI=1S/C16H24N2O5S2/c1-22-9-3-6-17-25(20,21)13-4-5-15(24-2)14(12-13)16(19)18-7-10-23-11-8-18/h4-5,12,17H,3,6-11H2,1-2H3. The zero-order valence-electron chi connectivity index (χ0n) is 14.5. The molecule has 1 aromatic carbocycles. The minimum atomic E-state index is -3.66. The van der Waals surface area contributed by atoms with Gasteiger partial charge in [0.05, 0.1) is 23.7 Å². The largest absolute Gasteiger partial charge is 0.385 e. The number of rotatable bonds is 8. The summed E-state index contributed by atoms with van der Waals surface area (Å²) in [5, 5.41) is 0. The normalized spacial score (nSPS) is 15.4. The number of benzene rings is 1. The van der Waals surface area contributed by atoms with Gasteiger partial charge in [-0.1, -0.05) is 0 Å². The van der Waals surface area contributed by atoms with Crippen molar-refractivity contribution in [3.63, 3.8) is 0 Å². The molecule has 7 nitrogen and oxygen atoms in total. The second-order valence-electron chi connectivity index (χ2n) is 5.51. The van der Waals surface area contributed by atoms with Gasteiger partial charge >= 0.3 is 0 Å². The van der Waals surface area contributed by atoms with Crippen LogP contribution in [0.1, 0.15) is 16.8 Å². The number of nitrogens with zero attached hydrogens (tertiary/aromatic N) is 1. The molecule has 1 fully saturated rings. The van der Waals surface area contributed by atoms with E-state index in [2.05, 4.69) is 4.72 Å². The lowest BCUT2D eigenvalue weighted by Crippen LogP contribution is -2.41. The van der Waals surface area contributed by atoms with Crippen molar-refractivity contribution in [2.45, 2.75) is 16.2 Å². The highest BCUT2D eigenvalue weighted by molar-refractivity contribution is 7.98. The van der Waals surface area contributed by atoms with Gasteiger partial charge in [0.25, 0.3) is 5.91 Å². The molecule has 9 heteroatoms. The molecule has 0 saturated carbocycles. The Hall–Kier alpha value is -1.13. The van der Waals surface area contributed by atoms with Crippen LogP contribution in [0.3, 0.4) is 0 Å². The zero-order valence-corrected chi connectivity index (χ0v) is 16.1. The number of morpholine rings is 1. The number of carbonyl (C=O) groups is 1. The van der Waals surface area contributed by atoms with Crippen LogP contribution in [0.5, 0.6) is 0 Å². The highest BCUT2D eigenvalue weighted by Crippen LogP contribution is 2.25. The number of thioether (sulfide) groups is 1. The molecule has 0 radical (unpaired) electrons. The average molecular weight is 389 g/mol. The predicted octanol–water partition coefficient (Wildman–Crippen LogP) is 1.20. The summed E-state index contributed by atoms with van der Waals surface area (Å²) in [6, 6.07) is 4.67. The summed E-state index contributed by atoms with van der Waals surface area (Å²) in [5.41, 5.74) is 0.411. The predicted molar refractivity (Wildman–Crippen MR) is 96.6 cm³/mol. The summed E-state index contributed by atoms with van der Waals surface area (Å²) in [5.74, 6) is -0.163. The fourth-order valence-electron chi connectivity index (χ4n) is 2.46. The molecule has 0 aromatic heterocycles. The van der Waals surface area contributed by atoms with Crippen molar-refractivity contribution < 1.29 is 22.7 Å². The first kappa shape index (κ1) is 20.2. The van der Waals surface area contributed by atoms with Crippen LogP contribution in [0.25, 0.3) is 0 Å². The number of methoxy groups -OCH3 is 1. The van der Waals surface area contributed by atoms with Crippen molar-refractivity contribution in [3.05, 3.63) is 23.8 Å². The molecule has 0 bridgehead atoms. The van der Waals surface area contributed by atoms with Crippen molar-refractivity contribution in [2.75, 3.05) is 52.8 Å². The van der Waals surface area contributed by atoms with E-state index >= 15 is 0 Å². The summed E-state index contributed by atoms with van der Waals surface area (Å²) < 4.78 is 37.6. The lowest BCUT2D eigenvalue weighted by molar-refractivity contribution is 0.0300. The molecular weight excluding hydrogens is 364 g/mol. The van der Waals surface area contributed by atoms with Gasteiger partial charge in [-0.3, -0.25) is 4.79 Å². The number of ether oxygens (including phenoxy) is 2. The van der Waals surface area contributed by atoms with E-state index in [1.54, 1.807) is 18.1 Å². The molecule has 1 heterocycles. The quantitative estimate of drug-likeness (QED) is 0.532. The molecule has 140 valence electrons. The average Bonchev–Trinajstić information content (AvgIpc) is 2.65. The molecule has 0 atom stereocenters. The van der Waals surface area contributed by atoms with Gasteiger partial charge in [-0.2, -0.15) is 0 Å². The van der Waals surface area contributed by atoms with Crippen molar-refractivity contribution >= 4 is 27.7 Å². The van der Waals surface area contributed by atoms with E-state index in [4.69, 9.17) is 9.47 Å². The smallest absolute Gasteiger partial charge is 0.255 e. The van der Waals surface area contributed by atoms with Crippen molar-refractivity contribution in [1.82, 2.24) is 9.62 Å². The van der Waals surface area contributed by atoms with Crippen LogP contribution in [0.2, 0.25) is 0 Å². The maximum Gasteiger partial charge on any atom is 0.255 e. The summed E-state index contributed by atoms with van der Waals surface area (Å²) in [6.45, 7) is 2.79. The molecule has 1 aliphatic heterocycles. The minimum absolute atomic E-state index is 0.0966. The van der Waals surface area contributed by atoms with Crippen LogP contribution in [-0.4, -0.2) is 72.0 Å². The molecule has 1 N–H and O–H groups in total. The van der Waals surface area contributed by atoms with Gasteiger partial charge in [-0.25, -0.2) is 13.1 Å². The maximum absolute atomic E-state index is 12.8. The van der Waals surface area contributed by atoms with E-state index in [1.165, 1.54) is 23.9 Å². The fraction of sp³-hybridized carbons (Fsp3) is 0.562. The summed E-state index contributed by atoms with van der Waals surface area (Å²) in [4.78, 5) is 15.3. The van der Waals surface area contributed by atoms with Gasteiger partial charge < -0.3 is 14.4 Å². The van der Waals surface area contributed by atoms with Gasteiger partial charge in [0.2, 0.25) is 10.0 Å². The highest BCUT2D eigenvalue weighted by atomic mass is 32.2. The first-order valence-corrected chi connectivity index (χ1v) is 10.7. The van der Waals surface area contributed by atoms with Gasteiger partial charge in [-0.15, -0.1) is 11.8 Å². The number of amides is 1. The summed E-state index contributed by atoms with van der Waals surface area (Å²) >= 11 is 1.42. The van der Waals surface area contributed by atoms with Crippen LogP contribution in [0.4, 0.5) is 0 Å². The van der Waals surface area contributed by atoms with Gasteiger partial charge in [0.1, 0.15) is 0 Å². The van der Waals surface area contributed by atoms with E-state index in [-0.39, 0.29) is 17.3 Å². The van der Waals surface area contributed by atoms with Gasteiger partial charge in [0.15, 0.2) is 0 Å². The van der Waals surface area contributed by atoms with Crippen LogP contribution < -0.4 is 4.72 Å². The highest BCUT2D eigenvalue weighted by Gasteiger charge is 2.23. The Labute approximate surface area is 153 Å². The fourth-order valence-corrected chi connectivity index (χ4v) is 4.13. The molecule has 1 saturated heterocycles. The molecule has 2 rings (SSSR count). The number of sulfonamides is 1. The van der Waals surface area contributed by atoms with E-state index < -0.39 is 10.0 Å². The maximum atomic E-state index is 12.8. The molecule has 1 aromatic rings. The van der Waals surface area contributed by atoms with Crippen LogP contribution >= 0.6 is 11.8 Å². The third kappa shape index (κ3) is 5.42. The number of nitrogens with one attached hydrogen (secondary N) is 1. The first-order valence-electron chi connectivity index (χ1n) is 8.03. The molecule has 0 unspecified atom stereocenters. The zero-order chi connectivity index (χ0) is 18.3. The summed E-state index contributed by atoms with van der Waals surface area (Å²) in [6.07, 6.45) is 2.45. The van der Waals surface area contributed by atoms with Gasteiger partial charge in [-0.05, 0) is 30.9 Å². The molecule has 25 heavy (non-hydrogen) atoms.